The van der Waals surface area contributed by atoms with Gasteiger partial charge in [0, 0.05) is 14.2 Å². The van der Waals surface area contributed by atoms with Gasteiger partial charge in [-0.3, -0.25) is 9.05 Å². The van der Waals surface area contributed by atoms with Crippen LogP contribution in [0.15, 0.2) is 24.3 Å². The van der Waals surface area contributed by atoms with Crippen LogP contribution in [0.25, 0.3) is 0 Å². The second-order valence-corrected chi connectivity index (χ2v) is 4.20. The van der Waals surface area contributed by atoms with Crippen molar-refractivity contribution in [2.45, 2.75) is 0 Å². The molecule has 0 unspecified atom stereocenters. The first kappa shape index (κ1) is 11.0. The third-order valence-corrected chi connectivity index (χ3v) is 2.83. The maximum Gasteiger partial charge on any atom is 0.529 e. The van der Waals surface area contributed by atoms with Crippen molar-refractivity contribution in [1.29, 1.82) is 0 Å². The van der Waals surface area contributed by atoms with Crippen molar-refractivity contribution < 1.29 is 23.2 Å². The fraction of sp³-hybridized carbons (Fsp3) is 0.250. The zero-order chi connectivity index (χ0) is 10.6. The van der Waals surface area contributed by atoms with Crippen molar-refractivity contribution in [3.8, 4) is 11.5 Å². The predicted octanol–water partition coefficient (Wildman–Crippen LogP) is 2.17. The van der Waals surface area contributed by atoms with Crippen molar-refractivity contribution in [1.82, 2.24) is 0 Å². The van der Waals surface area contributed by atoms with Crippen LogP contribution >= 0.6 is 7.82 Å². The summed E-state index contributed by atoms with van der Waals surface area (Å²) in [5.74, 6) is 0.400. The van der Waals surface area contributed by atoms with Gasteiger partial charge in [-0.2, -0.15) is 0 Å². The van der Waals surface area contributed by atoms with Gasteiger partial charge in [0.2, 0.25) is 0 Å². The molecule has 1 rings (SSSR count). The molecular formula is C8H11O5P. The molecule has 0 aliphatic heterocycles. The largest absolute Gasteiger partial charge is 0.529 e. The molecule has 0 fully saturated rings. The van der Waals surface area contributed by atoms with Crippen LogP contribution in [0, 0.1) is 0 Å². The maximum atomic E-state index is 11.5. The van der Waals surface area contributed by atoms with E-state index in [0.717, 1.165) is 0 Å². The summed E-state index contributed by atoms with van der Waals surface area (Å²) in [6.45, 7) is 0. The van der Waals surface area contributed by atoms with Crippen molar-refractivity contribution >= 4 is 7.82 Å². The molecule has 0 radical (unpaired) electrons. The van der Waals surface area contributed by atoms with Crippen LogP contribution in [0.1, 0.15) is 0 Å². The number of phenolic OH excluding ortho intramolecular Hbond substituents is 1. The molecular weight excluding hydrogens is 207 g/mol. The second-order valence-electron chi connectivity index (χ2n) is 2.40. The van der Waals surface area contributed by atoms with E-state index in [9.17, 15) is 4.57 Å². The number of aromatic hydroxyl groups is 1. The Hall–Kier alpha value is -1.03. The van der Waals surface area contributed by atoms with Gasteiger partial charge in [0.25, 0.3) is 0 Å². The van der Waals surface area contributed by atoms with Crippen LogP contribution in [0.3, 0.4) is 0 Å². The summed E-state index contributed by atoms with van der Waals surface area (Å²) in [5, 5.41) is 8.98. The summed E-state index contributed by atoms with van der Waals surface area (Å²) < 4.78 is 25.6. The number of phenols is 1. The molecule has 0 aliphatic rings. The lowest BCUT2D eigenvalue weighted by Gasteiger charge is -2.13. The lowest BCUT2D eigenvalue weighted by atomic mass is 10.3. The molecule has 0 saturated heterocycles. The van der Waals surface area contributed by atoms with E-state index in [1.807, 2.05) is 0 Å². The first-order chi connectivity index (χ1) is 6.59. The van der Waals surface area contributed by atoms with E-state index in [-0.39, 0.29) is 5.75 Å². The molecule has 0 spiro atoms. The molecule has 1 aromatic carbocycles. The highest BCUT2D eigenvalue weighted by atomic mass is 31.2. The monoisotopic (exact) mass is 218 g/mol. The molecule has 0 saturated carbocycles. The molecule has 6 heteroatoms. The molecule has 78 valence electrons. The summed E-state index contributed by atoms with van der Waals surface area (Å²) >= 11 is 0. The number of phosphoric acid groups is 1. The Morgan fingerprint density at radius 1 is 1.14 bits per heavy atom. The first-order valence-corrected chi connectivity index (χ1v) is 5.26. The molecule has 5 nitrogen and oxygen atoms in total. The standard InChI is InChI=1S/C8H11O5P/c1-11-14(10,12-2)13-8-5-3-7(9)4-6-8/h3-6,9H,1-2H3. The van der Waals surface area contributed by atoms with E-state index in [4.69, 9.17) is 9.63 Å². The number of phosphoric ester groups is 1. The third kappa shape index (κ3) is 2.73. The molecule has 1 N–H and O–H groups in total. The smallest absolute Gasteiger partial charge is 0.508 e. The highest BCUT2D eigenvalue weighted by Crippen LogP contribution is 2.47. The van der Waals surface area contributed by atoms with Crippen LogP contribution in [0.2, 0.25) is 0 Å². The highest BCUT2D eigenvalue weighted by molar-refractivity contribution is 7.48. The number of benzene rings is 1. The van der Waals surface area contributed by atoms with Crippen molar-refractivity contribution in [2.75, 3.05) is 14.2 Å². The Morgan fingerprint density at radius 2 is 1.64 bits per heavy atom. The predicted molar refractivity (Wildman–Crippen MR) is 50.4 cm³/mol. The van der Waals surface area contributed by atoms with Gasteiger partial charge in [-0.05, 0) is 24.3 Å². The molecule has 0 aliphatic carbocycles. The Kier molecular flexibility index (Phi) is 3.52. The van der Waals surface area contributed by atoms with Crippen molar-refractivity contribution in [3.05, 3.63) is 24.3 Å². The molecule has 0 amide bonds. The summed E-state index contributed by atoms with van der Waals surface area (Å²) in [4.78, 5) is 0. The van der Waals surface area contributed by atoms with Gasteiger partial charge in [0.05, 0.1) is 0 Å². The van der Waals surface area contributed by atoms with Crippen LogP contribution in [0.4, 0.5) is 0 Å². The van der Waals surface area contributed by atoms with Crippen LogP contribution in [-0.2, 0) is 13.6 Å². The molecule has 0 atom stereocenters. The van der Waals surface area contributed by atoms with E-state index in [1.54, 1.807) is 0 Å². The molecule has 0 aromatic heterocycles. The van der Waals surface area contributed by atoms with Gasteiger partial charge < -0.3 is 9.63 Å². The average Bonchev–Trinajstić information content (AvgIpc) is 2.21. The van der Waals surface area contributed by atoms with Gasteiger partial charge in [0.1, 0.15) is 11.5 Å². The van der Waals surface area contributed by atoms with Crippen LogP contribution in [-0.4, -0.2) is 19.3 Å². The summed E-state index contributed by atoms with van der Waals surface area (Å²) in [7, 11) is -1.05. The Balaban J connectivity index is 2.78. The second kappa shape index (κ2) is 4.46. The van der Waals surface area contributed by atoms with Gasteiger partial charge in [0.15, 0.2) is 0 Å². The lowest BCUT2D eigenvalue weighted by molar-refractivity contribution is 0.211. The zero-order valence-electron chi connectivity index (χ0n) is 7.84. The van der Waals surface area contributed by atoms with Crippen molar-refractivity contribution in [2.24, 2.45) is 0 Å². The molecule has 0 heterocycles. The van der Waals surface area contributed by atoms with E-state index in [0.29, 0.717) is 5.75 Å². The van der Waals surface area contributed by atoms with E-state index in [1.165, 1.54) is 38.5 Å². The first-order valence-electron chi connectivity index (χ1n) is 3.80. The van der Waals surface area contributed by atoms with E-state index >= 15 is 0 Å². The summed E-state index contributed by atoms with van der Waals surface area (Å²) in [6, 6.07) is 5.73. The lowest BCUT2D eigenvalue weighted by Crippen LogP contribution is -1.96. The van der Waals surface area contributed by atoms with E-state index < -0.39 is 7.82 Å². The van der Waals surface area contributed by atoms with Crippen LogP contribution < -0.4 is 4.52 Å². The maximum absolute atomic E-state index is 11.5. The fourth-order valence-electron chi connectivity index (χ4n) is 0.785. The third-order valence-electron chi connectivity index (χ3n) is 1.50. The fourth-order valence-corrected chi connectivity index (χ4v) is 1.46. The minimum atomic E-state index is -3.50. The normalized spacial score (nSPS) is 11.3. The van der Waals surface area contributed by atoms with Gasteiger partial charge in [-0.25, -0.2) is 4.57 Å². The number of rotatable bonds is 4. The van der Waals surface area contributed by atoms with E-state index in [2.05, 4.69) is 9.05 Å². The number of hydrogen-bond acceptors (Lipinski definition) is 5. The van der Waals surface area contributed by atoms with Gasteiger partial charge in [-0.1, -0.05) is 0 Å². The summed E-state index contributed by atoms with van der Waals surface area (Å²) in [6.07, 6.45) is 0. The minimum absolute atomic E-state index is 0.0991. The minimum Gasteiger partial charge on any atom is -0.508 e. The SMILES string of the molecule is COP(=O)(OC)Oc1ccc(O)cc1. The number of hydrogen-bond donors (Lipinski definition) is 1. The molecule has 1 aromatic rings. The van der Waals surface area contributed by atoms with Gasteiger partial charge >= 0.3 is 7.82 Å². The Morgan fingerprint density at radius 3 is 2.07 bits per heavy atom. The highest BCUT2D eigenvalue weighted by Gasteiger charge is 2.24. The summed E-state index contributed by atoms with van der Waals surface area (Å²) in [5.41, 5.74) is 0. The zero-order valence-corrected chi connectivity index (χ0v) is 8.73. The quantitative estimate of drug-likeness (QED) is 0.784. The van der Waals surface area contributed by atoms with Crippen LogP contribution in [0.5, 0.6) is 11.5 Å². The molecule has 0 bridgehead atoms. The topological polar surface area (TPSA) is 65.0 Å². The van der Waals surface area contributed by atoms with Gasteiger partial charge in [-0.15, -0.1) is 0 Å². The Bertz CT molecular complexity index is 326. The molecule has 14 heavy (non-hydrogen) atoms. The average molecular weight is 218 g/mol. The van der Waals surface area contributed by atoms with Crippen molar-refractivity contribution in [3.63, 3.8) is 0 Å². The Labute approximate surface area is 81.8 Å².